The van der Waals surface area contributed by atoms with Crippen molar-refractivity contribution in [2.24, 2.45) is 10.7 Å². The van der Waals surface area contributed by atoms with Crippen molar-refractivity contribution in [3.05, 3.63) is 90.1 Å². The number of benzene rings is 3. The number of nitrogens with one attached hydrogen (secondary N) is 1. The number of hydrogen-bond donors (Lipinski definition) is 2. The predicted octanol–water partition coefficient (Wildman–Crippen LogP) is 4.64. The van der Waals surface area contributed by atoms with Gasteiger partial charge < -0.3 is 11.1 Å². The van der Waals surface area contributed by atoms with E-state index in [1.54, 1.807) is 24.0 Å². The molecule has 0 bridgehead atoms. The fraction of sp³-hybridized carbons (Fsp3) is 0.241. The summed E-state index contributed by atoms with van der Waals surface area (Å²) in [5, 5.41) is 9.69. The standard InChI is InChI=1S/C29H28FN7O2S2/c1-41(38,39)15-23(31)12-29(16-32-18-40-29)21-5-7-26-25(11-21)28(34-17-33-26)36-24-6-8-27-20(10-24)13-35-37(27)14-19-3-2-4-22(30)9-19/h2-11,13,16-17,23H,12,14-15,18,31H2,1H3,(H,33,34,36). The molecule has 5 aromatic rings. The van der Waals surface area contributed by atoms with Gasteiger partial charge >= 0.3 is 0 Å². The lowest BCUT2D eigenvalue weighted by Gasteiger charge is -2.29. The number of aliphatic imine (C=N–C) groups is 1. The molecule has 0 aliphatic carbocycles. The molecule has 2 unspecified atom stereocenters. The van der Waals surface area contributed by atoms with E-state index in [2.05, 4.69) is 25.4 Å². The van der Waals surface area contributed by atoms with Crippen LogP contribution in [-0.4, -0.2) is 58.3 Å². The summed E-state index contributed by atoms with van der Waals surface area (Å²) in [7, 11) is -3.21. The van der Waals surface area contributed by atoms with Gasteiger partial charge in [-0.25, -0.2) is 22.8 Å². The number of nitrogens with zero attached hydrogens (tertiary/aromatic N) is 5. The van der Waals surface area contributed by atoms with Gasteiger partial charge in [0.25, 0.3) is 0 Å². The van der Waals surface area contributed by atoms with Crippen molar-refractivity contribution >= 4 is 61.1 Å². The summed E-state index contributed by atoms with van der Waals surface area (Å²) in [6.45, 7) is 0.463. The second-order valence-corrected chi connectivity index (χ2v) is 13.8. The SMILES string of the molecule is CS(=O)(=O)CC(N)CC1(c2ccc3ncnc(Nc4ccc5c(cnn5Cc5cccc(F)c5)c4)c3c2)C=NCS1. The molecule has 2 atom stereocenters. The lowest BCUT2D eigenvalue weighted by molar-refractivity contribution is 0.573. The monoisotopic (exact) mass is 589 g/mol. The highest BCUT2D eigenvalue weighted by molar-refractivity contribution is 8.01. The molecule has 0 saturated heterocycles. The van der Waals surface area contributed by atoms with Crippen LogP contribution in [0.25, 0.3) is 21.8 Å². The first kappa shape index (κ1) is 27.3. The molecule has 2 aromatic heterocycles. The Bertz CT molecular complexity index is 1890. The van der Waals surface area contributed by atoms with Gasteiger partial charge in [0.15, 0.2) is 0 Å². The van der Waals surface area contributed by atoms with E-state index >= 15 is 0 Å². The van der Waals surface area contributed by atoms with Crippen LogP contribution < -0.4 is 11.1 Å². The molecule has 0 radical (unpaired) electrons. The highest BCUT2D eigenvalue weighted by Crippen LogP contribution is 2.44. The Labute approximate surface area is 241 Å². The van der Waals surface area contributed by atoms with E-state index in [0.29, 0.717) is 24.7 Å². The molecule has 6 rings (SSSR count). The van der Waals surface area contributed by atoms with Gasteiger partial charge in [-0.3, -0.25) is 9.67 Å². The minimum atomic E-state index is -3.21. The minimum absolute atomic E-state index is 0.0893. The van der Waals surface area contributed by atoms with Crippen LogP contribution in [0, 0.1) is 5.82 Å². The van der Waals surface area contributed by atoms with E-state index in [9.17, 15) is 12.8 Å². The number of anilines is 2. The summed E-state index contributed by atoms with van der Waals surface area (Å²) in [5.41, 5.74) is 10.6. The maximum atomic E-state index is 13.6. The zero-order valence-corrected chi connectivity index (χ0v) is 23.9. The summed E-state index contributed by atoms with van der Waals surface area (Å²) in [4.78, 5) is 13.4. The lowest BCUT2D eigenvalue weighted by atomic mass is 9.91. The molecule has 1 aliphatic heterocycles. The topological polar surface area (TPSA) is 128 Å². The molecular weight excluding hydrogens is 561 g/mol. The molecule has 3 heterocycles. The molecule has 1 aliphatic rings. The molecule has 3 N–H and O–H groups in total. The Balaban J connectivity index is 1.29. The third-order valence-electron chi connectivity index (χ3n) is 7.03. The minimum Gasteiger partial charge on any atom is -0.340 e. The first-order chi connectivity index (χ1) is 19.7. The maximum Gasteiger partial charge on any atom is 0.148 e. The second kappa shape index (κ2) is 10.8. The van der Waals surface area contributed by atoms with Crippen LogP contribution in [0.4, 0.5) is 15.9 Å². The van der Waals surface area contributed by atoms with Gasteiger partial charge in [-0.05, 0) is 60.0 Å². The third-order valence-corrected chi connectivity index (χ3v) is 9.36. The van der Waals surface area contributed by atoms with Crippen LogP contribution in [0.15, 0.2) is 78.2 Å². The van der Waals surface area contributed by atoms with E-state index < -0.39 is 20.6 Å². The molecule has 9 nitrogen and oxygen atoms in total. The van der Waals surface area contributed by atoms with Crippen molar-refractivity contribution in [1.29, 1.82) is 0 Å². The van der Waals surface area contributed by atoms with Gasteiger partial charge in [0.2, 0.25) is 0 Å². The number of rotatable bonds is 9. The second-order valence-electron chi connectivity index (χ2n) is 10.3. The van der Waals surface area contributed by atoms with Crippen molar-refractivity contribution in [1.82, 2.24) is 19.7 Å². The number of fused-ring (bicyclic) bond motifs is 2. The van der Waals surface area contributed by atoms with Gasteiger partial charge in [-0.1, -0.05) is 18.2 Å². The van der Waals surface area contributed by atoms with Crippen LogP contribution >= 0.6 is 11.8 Å². The smallest absolute Gasteiger partial charge is 0.148 e. The van der Waals surface area contributed by atoms with Gasteiger partial charge in [-0.2, -0.15) is 5.10 Å². The Morgan fingerprint density at radius 3 is 2.80 bits per heavy atom. The number of thioether (sulfide) groups is 1. The number of halogens is 1. The highest BCUT2D eigenvalue weighted by atomic mass is 32.2. The average Bonchev–Trinajstić information content (AvgIpc) is 3.55. The quantitative estimate of drug-likeness (QED) is 0.255. The van der Waals surface area contributed by atoms with E-state index in [4.69, 9.17) is 5.73 Å². The Hall–Kier alpha value is -3.87. The first-order valence-corrected chi connectivity index (χ1v) is 16.0. The van der Waals surface area contributed by atoms with Crippen LogP contribution in [0.1, 0.15) is 17.5 Å². The van der Waals surface area contributed by atoms with Crippen LogP contribution in [0.5, 0.6) is 0 Å². The van der Waals surface area contributed by atoms with Crippen molar-refractivity contribution < 1.29 is 12.8 Å². The van der Waals surface area contributed by atoms with Crippen LogP contribution in [-0.2, 0) is 21.1 Å². The molecule has 41 heavy (non-hydrogen) atoms. The Morgan fingerprint density at radius 1 is 1.15 bits per heavy atom. The molecule has 0 amide bonds. The fourth-order valence-electron chi connectivity index (χ4n) is 5.25. The molecule has 12 heteroatoms. The normalized spacial score (nSPS) is 17.8. The number of nitrogens with two attached hydrogens (primary N) is 1. The Kier molecular flexibility index (Phi) is 7.22. The summed E-state index contributed by atoms with van der Waals surface area (Å²) in [6, 6.07) is 17.9. The molecular formula is C29H28FN7O2S2. The van der Waals surface area contributed by atoms with Crippen LogP contribution in [0.2, 0.25) is 0 Å². The van der Waals surface area contributed by atoms with Crippen molar-refractivity contribution in [3.8, 4) is 0 Å². The summed E-state index contributed by atoms with van der Waals surface area (Å²) in [5.74, 6) is 0.854. The highest BCUT2D eigenvalue weighted by Gasteiger charge is 2.37. The molecule has 210 valence electrons. The van der Waals surface area contributed by atoms with Crippen molar-refractivity contribution in [2.45, 2.75) is 23.8 Å². The molecule has 3 aromatic carbocycles. The fourth-order valence-corrected chi connectivity index (χ4v) is 7.30. The van der Waals surface area contributed by atoms with Gasteiger partial charge in [-0.15, -0.1) is 11.8 Å². The van der Waals surface area contributed by atoms with Crippen molar-refractivity contribution in [2.75, 3.05) is 23.2 Å². The largest absolute Gasteiger partial charge is 0.340 e. The van der Waals surface area contributed by atoms with E-state index in [1.165, 1.54) is 24.7 Å². The zero-order chi connectivity index (χ0) is 28.6. The van der Waals surface area contributed by atoms with E-state index in [1.807, 2.05) is 53.4 Å². The van der Waals surface area contributed by atoms with E-state index in [-0.39, 0.29) is 11.6 Å². The van der Waals surface area contributed by atoms with Crippen molar-refractivity contribution in [3.63, 3.8) is 0 Å². The predicted molar refractivity (Wildman–Crippen MR) is 163 cm³/mol. The van der Waals surface area contributed by atoms with Gasteiger partial charge in [0, 0.05) is 35.0 Å². The first-order valence-electron chi connectivity index (χ1n) is 13.0. The third kappa shape index (κ3) is 5.95. The number of hydrogen-bond acceptors (Lipinski definition) is 9. The average molecular weight is 590 g/mol. The summed E-state index contributed by atoms with van der Waals surface area (Å²) >= 11 is 1.63. The molecule has 0 saturated carbocycles. The maximum absolute atomic E-state index is 13.6. The number of aromatic nitrogens is 4. The molecule has 0 spiro atoms. The Morgan fingerprint density at radius 2 is 2.02 bits per heavy atom. The van der Waals surface area contributed by atoms with Crippen LogP contribution in [0.3, 0.4) is 0 Å². The number of sulfone groups is 1. The summed E-state index contributed by atoms with van der Waals surface area (Å²) < 4.78 is 38.7. The lowest BCUT2D eigenvalue weighted by Crippen LogP contribution is -2.37. The van der Waals surface area contributed by atoms with E-state index in [0.717, 1.165) is 38.6 Å². The van der Waals surface area contributed by atoms with Gasteiger partial charge in [0.05, 0.1) is 40.2 Å². The van der Waals surface area contributed by atoms with Gasteiger partial charge in [0.1, 0.15) is 27.8 Å². The zero-order valence-electron chi connectivity index (χ0n) is 22.2. The molecule has 0 fully saturated rings. The summed E-state index contributed by atoms with van der Waals surface area (Å²) in [6.07, 6.45) is 6.83.